The van der Waals surface area contributed by atoms with Crippen molar-refractivity contribution in [3.05, 3.63) is 132 Å². The van der Waals surface area contributed by atoms with E-state index in [-0.39, 0.29) is 25.2 Å². The Hall–Kier alpha value is -4.00. The van der Waals surface area contributed by atoms with Crippen LogP contribution in [0.3, 0.4) is 0 Å². The summed E-state index contributed by atoms with van der Waals surface area (Å²) in [6.07, 6.45) is 39.1. The summed E-state index contributed by atoms with van der Waals surface area (Å²) in [6.45, 7) is 4.79. The van der Waals surface area contributed by atoms with E-state index in [2.05, 4.69) is 74.5 Å². The van der Waals surface area contributed by atoms with Gasteiger partial charge in [0, 0.05) is 12.8 Å². The van der Waals surface area contributed by atoms with E-state index in [9.17, 15) is 9.59 Å². The average molecular weight is 905 g/mol. The molecule has 364 valence electrons. The Morgan fingerprint density at radius 2 is 0.833 bits per heavy atom. The first kappa shape index (κ1) is 54.6. The first-order chi connectivity index (χ1) is 32.6. The van der Waals surface area contributed by atoms with Gasteiger partial charge in [0.25, 0.3) is 0 Å². The minimum absolute atomic E-state index is 0.117. The molecule has 0 saturated carbocycles. The standard InChI is InChI=1S/C60H88O6/c1-3-5-7-9-11-13-15-17-19-21-23-25-27-29-40-48-57(61)65-56-50-63-55(59(56)66-58(62)49-41-30-28-26-24-22-20-18-16-14-12-10-8-6-4-2)51-64-60(52-42-34-31-35-43-52,53-44-36-32-37-45-53)54-46-38-33-39-47-54/h17-20,31-39,42-47,55-56,59H,3-16,21-30,40-41,48-51H2,1-2H3/b19-17-,20-18-/t55-,56+,59+/m1/s1. The van der Waals surface area contributed by atoms with Crippen LogP contribution in [0.2, 0.25) is 0 Å². The highest BCUT2D eigenvalue weighted by atomic mass is 16.6. The van der Waals surface area contributed by atoms with Crippen LogP contribution in [0, 0.1) is 0 Å². The van der Waals surface area contributed by atoms with Gasteiger partial charge >= 0.3 is 11.9 Å². The molecule has 1 aliphatic heterocycles. The van der Waals surface area contributed by atoms with E-state index in [1.807, 2.05) is 54.6 Å². The molecule has 6 heteroatoms. The first-order valence-corrected chi connectivity index (χ1v) is 26.7. The molecule has 0 unspecified atom stereocenters. The fraction of sp³-hybridized carbons (Fsp3) is 0.600. The number of esters is 2. The zero-order chi connectivity index (χ0) is 46.6. The molecule has 1 saturated heterocycles. The second-order valence-corrected chi connectivity index (χ2v) is 18.6. The highest BCUT2D eigenvalue weighted by molar-refractivity contribution is 5.70. The van der Waals surface area contributed by atoms with Crippen molar-refractivity contribution >= 4 is 11.9 Å². The summed E-state index contributed by atoms with van der Waals surface area (Å²) in [5, 5.41) is 0. The number of hydrogen-bond acceptors (Lipinski definition) is 6. The van der Waals surface area contributed by atoms with Crippen LogP contribution in [0.5, 0.6) is 0 Å². The van der Waals surface area contributed by atoms with Crippen molar-refractivity contribution in [2.75, 3.05) is 13.2 Å². The van der Waals surface area contributed by atoms with Crippen molar-refractivity contribution in [3.63, 3.8) is 0 Å². The Morgan fingerprint density at radius 1 is 0.485 bits per heavy atom. The molecular weight excluding hydrogens is 817 g/mol. The Kier molecular flexibility index (Phi) is 29.1. The number of hydrogen-bond donors (Lipinski definition) is 0. The quantitative estimate of drug-likeness (QED) is 0.0247. The van der Waals surface area contributed by atoms with Gasteiger partial charge < -0.3 is 18.9 Å². The SMILES string of the molecule is CCCCCCCC/C=C\CCCCCCCC(=O)O[C@@H]1[C@@H](OC(=O)CCCCCCC/C=C\CCCCCCCC)CO[C@@H]1COC(c1ccccc1)(c1ccccc1)c1ccccc1. The van der Waals surface area contributed by atoms with Gasteiger partial charge in [0.1, 0.15) is 11.7 Å². The molecule has 0 N–H and O–H groups in total. The van der Waals surface area contributed by atoms with Crippen molar-refractivity contribution in [3.8, 4) is 0 Å². The third-order valence-electron chi connectivity index (χ3n) is 13.0. The number of unbranched alkanes of at least 4 members (excludes halogenated alkanes) is 22. The topological polar surface area (TPSA) is 71.1 Å². The summed E-state index contributed by atoms with van der Waals surface area (Å²) in [5.74, 6) is -0.555. The molecule has 0 bridgehead atoms. The summed E-state index contributed by atoms with van der Waals surface area (Å²) >= 11 is 0. The lowest BCUT2D eigenvalue weighted by Crippen LogP contribution is -2.42. The van der Waals surface area contributed by atoms with E-state index in [1.165, 1.54) is 109 Å². The highest BCUT2D eigenvalue weighted by Gasteiger charge is 2.46. The van der Waals surface area contributed by atoms with Gasteiger partial charge in [-0.2, -0.15) is 0 Å². The van der Waals surface area contributed by atoms with E-state index in [1.54, 1.807) is 0 Å². The summed E-state index contributed by atoms with van der Waals surface area (Å²) in [5.41, 5.74) is 1.95. The molecule has 0 amide bonds. The molecule has 6 nitrogen and oxygen atoms in total. The van der Waals surface area contributed by atoms with Crippen molar-refractivity contribution in [1.29, 1.82) is 0 Å². The summed E-state index contributed by atoms with van der Waals surface area (Å²) in [4.78, 5) is 26.8. The molecule has 0 aromatic heterocycles. The summed E-state index contributed by atoms with van der Waals surface area (Å²) < 4.78 is 25.8. The zero-order valence-electron chi connectivity index (χ0n) is 41.4. The molecule has 1 heterocycles. The normalized spacial score (nSPS) is 16.4. The third kappa shape index (κ3) is 21.3. The highest BCUT2D eigenvalue weighted by Crippen LogP contribution is 2.41. The van der Waals surface area contributed by atoms with Crippen molar-refractivity contribution < 1.29 is 28.5 Å². The average Bonchev–Trinajstić information content (AvgIpc) is 3.72. The molecule has 66 heavy (non-hydrogen) atoms. The van der Waals surface area contributed by atoms with Crippen LogP contribution in [0.15, 0.2) is 115 Å². The fourth-order valence-corrected chi connectivity index (χ4v) is 9.14. The smallest absolute Gasteiger partial charge is 0.306 e. The molecule has 0 radical (unpaired) electrons. The zero-order valence-corrected chi connectivity index (χ0v) is 41.4. The van der Waals surface area contributed by atoms with Crippen LogP contribution in [-0.2, 0) is 34.1 Å². The van der Waals surface area contributed by atoms with Crippen LogP contribution in [0.1, 0.15) is 210 Å². The number of allylic oxidation sites excluding steroid dienone is 4. The monoisotopic (exact) mass is 905 g/mol. The lowest BCUT2D eigenvalue weighted by Gasteiger charge is -2.37. The van der Waals surface area contributed by atoms with Crippen LogP contribution in [0.4, 0.5) is 0 Å². The van der Waals surface area contributed by atoms with E-state index in [4.69, 9.17) is 18.9 Å². The van der Waals surface area contributed by atoms with E-state index in [0.717, 1.165) is 74.5 Å². The van der Waals surface area contributed by atoms with Gasteiger partial charge in [-0.05, 0) is 80.9 Å². The Balaban J connectivity index is 1.28. The van der Waals surface area contributed by atoms with E-state index < -0.39 is 23.9 Å². The molecule has 4 rings (SSSR count). The molecule has 3 atom stereocenters. The van der Waals surface area contributed by atoms with Crippen LogP contribution in [-0.4, -0.2) is 43.5 Å². The third-order valence-corrected chi connectivity index (χ3v) is 13.0. The van der Waals surface area contributed by atoms with Gasteiger partial charge in [0.05, 0.1) is 13.2 Å². The Bertz CT molecular complexity index is 1610. The lowest BCUT2D eigenvalue weighted by atomic mass is 9.80. The van der Waals surface area contributed by atoms with E-state index in [0.29, 0.717) is 12.8 Å². The van der Waals surface area contributed by atoms with Gasteiger partial charge in [0.2, 0.25) is 0 Å². The minimum Gasteiger partial charge on any atom is -0.456 e. The maximum atomic E-state index is 13.5. The van der Waals surface area contributed by atoms with Gasteiger partial charge in [-0.1, -0.05) is 232 Å². The molecule has 0 aliphatic carbocycles. The van der Waals surface area contributed by atoms with Gasteiger partial charge in [0.15, 0.2) is 12.2 Å². The number of carbonyl (C=O) groups excluding carboxylic acids is 2. The predicted octanol–water partition coefficient (Wildman–Crippen LogP) is 16.3. The number of ether oxygens (including phenoxy) is 4. The second kappa shape index (κ2) is 35.2. The van der Waals surface area contributed by atoms with Crippen molar-refractivity contribution in [2.24, 2.45) is 0 Å². The maximum Gasteiger partial charge on any atom is 0.306 e. The van der Waals surface area contributed by atoms with Crippen LogP contribution in [0.25, 0.3) is 0 Å². The largest absolute Gasteiger partial charge is 0.456 e. The molecule has 1 aliphatic rings. The van der Waals surface area contributed by atoms with Gasteiger partial charge in [-0.25, -0.2) is 0 Å². The van der Waals surface area contributed by atoms with Crippen LogP contribution >= 0.6 is 0 Å². The van der Waals surface area contributed by atoms with Crippen molar-refractivity contribution in [2.45, 2.75) is 218 Å². The lowest BCUT2D eigenvalue weighted by molar-refractivity contribution is -0.168. The molecule has 3 aromatic rings. The first-order valence-electron chi connectivity index (χ1n) is 26.7. The van der Waals surface area contributed by atoms with Crippen LogP contribution < -0.4 is 0 Å². The molecule has 1 fully saturated rings. The molecule has 3 aromatic carbocycles. The van der Waals surface area contributed by atoms with Gasteiger partial charge in [-0.3, -0.25) is 9.59 Å². The Morgan fingerprint density at radius 3 is 1.23 bits per heavy atom. The molecular formula is C60H88O6. The number of rotatable bonds is 38. The number of benzene rings is 3. The second-order valence-electron chi connectivity index (χ2n) is 18.6. The van der Waals surface area contributed by atoms with Crippen molar-refractivity contribution in [1.82, 2.24) is 0 Å². The maximum absolute atomic E-state index is 13.5. The minimum atomic E-state index is -0.968. The summed E-state index contributed by atoms with van der Waals surface area (Å²) in [6, 6.07) is 30.7. The number of carbonyl (C=O) groups is 2. The summed E-state index contributed by atoms with van der Waals surface area (Å²) in [7, 11) is 0. The van der Waals surface area contributed by atoms with Gasteiger partial charge in [-0.15, -0.1) is 0 Å². The molecule has 0 spiro atoms. The predicted molar refractivity (Wildman–Crippen MR) is 274 cm³/mol. The Labute approximate surface area is 401 Å². The fourth-order valence-electron chi connectivity index (χ4n) is 9.14. The van der Waals surface area contributed by atoms with E-state index >= 15 is 0 Å².